The van der Waals surface area contributed by atoms with Gasteiger partial charge in [0.15, 0.2) is 11.8 Å². The number of aryl methyl sites for hydroxylation is 1. The van der Waals surface area contributed by atoms with E-state index in [1.54, 1.807) is 0 Å². The zero-order valence-corrected chi connectivity index (χ0v) is 17.1. The molecule has 0 atom stereocenters. The summed E-state index contributed by atoms with van der Waals surface area (Å²) in [5.74, 6) is 3.06. The number of aliphatic imine (C=N–C) groups is 1. The molecule has 2 N–H and O–H groups in total. The highest BCUT2D eigenvalue weighted by Gasteiger charge is 2.16. The summed E-state index contributed by atoms with van der Waals surface area (Å²) < 4.78 is 2.28. The number of hydrogen-bond acceptors (Lipinski definition) is 3. The zero-order valence-electron chi connectivity index (χ0n) is 14.8. The van der Waals surface area contributed by atoms with Crippen molar-refractivity contribution in [2.45, 2.75) is 83.8 Å². The summed E-state index contributed by atoms with van der Waals surface area (Å²) in [6.45, 7) is 4.65. The quantitative estimate of drug-likeness (QED) is 0.424. The predicted octanol–water partition coefficient (Wildman–Crippen LogP) is 3.01. The van der Waals surface area contributed by atoms with Crippen molar-refractivity contribution in [2.75, 3.05) is 6.54 Å². The SMILES string of the molecule is CCNC(=NCc1nnc2n1CCCCC2)NC1CCCCC1.I. The number of aromatic nitrogens is 3. The maximum Gasteiger partial charge on any atom is 0.191 e. The van der Waals surface area contributed by atoms with Crippen LogP contribution in [0.5, 0.6) is 0 Å². The molecule has 7 heteroatoms. The molecule has 0 aromatic carbocycles. The highest BCUT2D eigenvalue weighted by atomic mass is 127. The van der Waals surface area contributed by atoms with E-state index in [9.17, 15) is 0 Å². The van der Waals surface area contributed by atoms with Crippen LogP contribution in [0.1, 0.15) is 69.9 Å². The summed E-state index contributed by atoms with van der Waals surface area (Å²) in [5.41, 5.74) is 0. The predicted molar refractivity (Wildman–Crippen MR) is 108 cm³/mol. The van der Waals surface area contributed by atoms with E-state index in [0.717, 1.165) is 37.1 Å². The Labute approximate surface area is 162 Å². The van der Waals surface area contributed by atoms with Crippen LogP contribution in [-0.2, 0) is 19.5 Å². The summed E-state index contributed by atoms with van der Waals surface area (Å²) in [6.07, 6.45) is 11.3. The summed E-state index contributed by atoms with van der Waals surface area (Å²) in [7, 11) is 0. The second kappa shape index (κ2) is 10.2. The molecule has 0 bridgehead atoms. The molecule has 1 aromatic rings. The number of hydrogen-bond donors (Lipinski definition) is 2. The van der Waals surface area contributed by atoms with Gasteiger partial charge >= 0.3 is 0 Å². The van der Waals surface area contributed by atoms with Gasteiger partial charge in [-0.1, -0.05) is 25.7 Å². The topological polar surface area (TPSA) is 67.1 Å². The Morgan fingerprint density at radius 1 is 1.12 bits per heavy atom. The number of fused-ring (bicyclic) bond motifs is 1. The first-order chi connectivity index (χ1) is 11.4. The first-order valence-corrected chi connectivity index (χ1v) is 9.32. The van der Waals surface area contributed by atoms with E-state index in [1.165, 1.54) is 51.4 Å². The molecule has 1 aliphatic heterocycles. The van der Waals surface area contributed by atoms with Crippen molar-refractivity contribution in [3.8, 4) is 0 Å². The standard InChI is InChI=1S/C17H30N6.HI/c1-2-18-17(20-14-9-5-3-6-10-14)19-13-16-22-21-15-11-7-4-8-12-23(15)16;/h14H,2-13H2,1H3,(H2,18,19,20);1H. The van der Waals surface area contributed by atoms with Crippen LogP contribution >= 0.6 is 24.0 Å². The number of nitrogens with zero attached hydrogens (tertiary/aromatic N) is 4. The van der Waals surface area contributed by atoms with Gasteiger partial charge in [0.1, 0.15) is 12.4 Å². The Bertz CT molecular complexity index is 521. The Kier molecular flexibility index (Phi) is 8.28. The highest BCUT2D eigenvalue weighted by Crippen LogP contribution is 2.17. The minimum atomic E-state index is 0. The molecule has 0 saturated heterocycles. The molecule has 24 heavy (non-hydrogen) atoms. The fourth-order valence-electron chi connectivity index (χ4n) is 3.57. The lowest BCUT2D eigenvalue weighted by Gasteiger charge is -2.24. The minimum absolute atomic E-state index is 0. The maximum absolute atomic E-state index is 4.76. The van der Waals surface area contributed by atoms with E-state index in [4.69, 9.17) is 4.99 Å². The van der Waals surface area contributed by atoms with Crippen molar-refractivity contribution in [1.29, 1.82) is 0 Å². The van der Waals surface area contributed by atoms with E-state index in [2.05, 4.69) is 32.3 Å². The van der Waals surface area contributed by atoms with Crippen LogP contribution in [0.15, 0.2) is 4.99 Å². The average Bonchev–Trinajstić information content (AvgIpc) is 2.80. The van der Waals surface area contributed by atoms with Crippen LogP contribution in [0.4, 0.5) is 0 Å². The van der Waals surface area contributed by atoms with Crippen molar-refractivity contribution < 1.29 is 0 Å². The van der Waals surface area contributed by atoms with Gasteiger partial charge < -0.3 is 15.2 Å². The van der Waals surface area contributed by atoms with Crippen LogP contribution in [0.25, 0.3) is 0 Å². The van der Waals surface area contributed by atoms with E-state index in [0.29, 0.717) is 12.6 Å². The molecule has 0 radical (unpaired) electrons. The van der Waals surface area contributed by atoms with Gasteiger partial charge in [0.2, 0.25) is 0 Å². The largest absolute Gasteiger partial charge is 0.357 e. The first kappa shape index (κ1) is 19.5. The van der Waals surface area contributed by atoms with Gasteiger partial charge in [-0.25, -0.2) is 4.99 Å². The fraction of sp³-hybridized carbons (Fsp3) is 0.824. The molecule has 6 nitrogen and oxygen atoms in total. The molecule has 0 amide bonds. The van der Waals surface area contributed by atoms with E-state index in [1.807, 2.05) is 0 Å². The number of rotatable bonds is 4. The molecule has 136 valence electrons. The lowest BCUT2D eigenvalue weighted by atomic mass is 9.96. The minimum Gasteiger partial charge on any atom is -0.357 e. The third-order valence-corrected chi connectivity index (χ3v) is 4.85. The van der Waals surface area contributed by atoms with Crippen molar-refractivity contribution in [1.82, 2.24) is 25.4 Å². The van der Waals surface area contributed by atoms with Crippen LogP contribution in [0.2, 0.25) is 0 Å². The number of nitrogens with one attached hydrogen (secondary N) is 2. The molecular formula is C17H31IN6. The van der Waals surface area contributed by atoms with Gasteiger partial charge in [0, 0.05) is 25.6 Å². The third-order valence-electron chi connectivity index (χ3n) is 4.85. The summed E-state index contributed by atoms with van der Waals surface area (Å²) in [6, 6.07) is 0.567. The van der Waals surface area contributed by atoms with Crippen LogP contribution < -0.4 is 10.6 Å². The van der Waals surface area contributed by atoms with Gasteiger partial charge in [0.25, 0.3) is 0 Å². The molecule has 2 aliphatic rings. The van der Waals surface area contributed by atoms with Crippen LogP contribution in [-0.4, -0.2) is 33.3 Å². The van der Waals surface area contributed by atoms with Gasteiger partial charge in [-0.3, -0.25) is 0 Å². The highest BCUT2D eigenvalue weighted by molar-refractivity contribution is 14.0. The van der Waals surface area contributed by atoms with Gasteiger partial charge in [-0.05, 0) is 32.6 Å². The second-order valence-electron chi connectivity index (χ2n) is 6.67. The van der Waals surface area contributed by atoms with Gasteiger partial charge in [0.05, 0.1) is 0 Å². The third kappa shape index (κ3) is 5.32. The lowest BCUT2D eigenvalue weighted by molar-refractivity contribution is 0.410. The molecule has 1 fully saturated rings. The Morgan fingerprint density at radius 3 is 2.71 bits per heavy atom. The molecule has 0 spiro atoms. The monoisotopic (exact) mass is 446 g/mol. The van der Waals surface area contributed by atoms with Crippen molar-refractivity contribution >= 4 is 29.9 Å². The smallest absolute Gasteiger partial charge is 0.191 e. The molecule has 0 unspecified atom stereocenters. The average molecular weight is 446 g/mol. The Morgan fingerprint density at radius 2 is 1.92 bits per heavy atom. The van der Waals surface area contributed by atoms with Gasteiger partial charge in [-0.2, -0.15) is 0 Å². The molecular weight excluding hydrogens is 415 g/mol. The van der Waals surface area contributed by atoms with E-state index >= 15 is 0 Å². The van der Waals surface area contributed by atoms with E-state index in [-0.39, 0.29) is 24.0 Å². The Hall–Kier alpha value is -0.860. The molecule has 3 rings (SSSR count). The number of guanidine groups is 1. The van der Waals surface area contributed by atoms with Crippen molar-refractivity contribution in [2.24, 2.45) is 4.99 Å². The lowest BCUT2D eigenvalue weighted by Crippen LogP contribution is -2.44. The maximum atomic E-state index is 4.76. The van der Waals surface area contributed by atoms with Crippen LogP contribution in [0.3, 0.4) is 0 Å². The zero-order chi connectivity index (χ0) is 15.9. The first-order valence-electron chi connectivity index (χ1n) is 9.32. The second-order valence-corrected chi connectivity index (χ2v) is 6.67. The molecule has 2 heterocycles. The normalized spacial score (nSPS) is 19.1. The van der Waals surface area contributed by atoms with Gasteiger partial charge in [-0.15, -0.1) is 34.2 Å². The van der Waals surface area contributed by atoms with Crippen LogP contribution in [0, 0.1) is 0 Å². The Balaban J connectivity index is 0.00000208. The molecule has 1 saturated carbocycles. The summed E-state index contributed by atoms with van der Waals surface area (Å²) >= 11 is 0. The molecule has 1 aliphatic carbocycles. The summed E-state index contributed by atoms with van der Waals surface area (Å²) in [4.78, 5) is 4.76. The van der Waals surface area contributed by atoms with Crippen molar-refractivity contribution in [3.05, 3.63) is 11.6 Å². The molecule has 1 aromatic heterocycles. The van der Waals surface area contributed by atoms with E-state index < -0.39 is 0 Å². The van der Waals surface area contributed by atoms with Crippen molar-refractivity contribution in [3.63, 3.8) is 0 Å². The number of halogens is 1. The fourth-order valence-corrected chi connectivity index (χ4v) is 3.57. The summed E-state index contributed by atoms with van der Waals surface area (Å²) in [5, 5.41) is 15.7.